The van der Waals surface area contributed by atoms with Crippen LogP contribution >= 0.6 is 0 Å². The van der Waals surface area contributed by atoms with E-state index in [0.717, 1.165) is 29.0 Å². The van der Waals surface area contributed by atoms with Crippen molar-refractivity contribution in [3.63, 3.8) is 0 Å². The molecule has 1 atom stereocenters. The van der Waals surface area contributed by atoms with Crippen LogP contribution in [0.15, 0.2) is 67.0 Å². The lowest BCUT2D eigenvalue weighted by Gasteiger charge is -2.13. The quantitative estimate of drug-likeness (QED) is 0.641. The second kappa shape index (κ2) is 8.97. The first-order valence-corrected chi connectivity index (χ1v) is 8.78. The first-order chi connectivity index (χ1) is 12.8. The topological polar surface area (TPSA) is 67.3 Å². The van der Waals surface area contributed by atoms with E-state index in [1.165, 1.54) is 6.33 Å². The number of nitrogens with one attached hydrogen (secondary N) is 1. The highest BCUT2D eigenvalue weighted by Gasteiger charge is 2.08. The van der Waals surface area contributed by atoms with E-state index in [-0.39, 0.29) is 0 Å². The lowest BCUT2D eigenvalue weighted by atomic mass is 10.1. The minimum atomic E-state index is -0.597. The summed E-state index contributed by atoms with van der Waals surface area (Å²) in [5.74, 6) is 1.50. The number of aliphatic hydroxyl groups excluding tert-OH is 1. The Balaban J connectivity index is 1.68. The van der Waals surface area contributed by atoms with Gasteiger partial charge in [0.25, 0.3) is 0 Å². The summed E-state index contributed by atoms with van der Waals surface area (Å²) in [6.07, 6.45) is 1.89. The van der Waals surface area contributed by atoms with Gasteiger partial charge in [-0.1, -0.05) is 49.4 Å². The third-order valence-corrected chi connectivity index (χ3v) is 3.93. The Morgan fingerprint density at radius 3 is 2.69 bits per heavy atom. The number of aromatic nitrogens is 2. The van der Waals surface area contributed by atoms with Crippen LogP contribution in [-0.2, 0) is 0 Å². The number of aliphatic hydroxyl groups is 1. The molecule has 3 rings (SSSR count). The average molecular weight is 349 g/mol. The van der Waals surface area contributed by atoms with Gasteiger partial charge in [-0.05, 0) is 24.1 Å². The van der Waals surface area contributed by atoms with Crippen LogP contribution in [0.5, 0.6) is 5.75 Å². The third kappa shape index (κ3) is 4.80. The molecule has 0 bridgehead atoms. The van der Waals surface area contributed by atoms with Gasteiger partial charge in [-0.15, -0.1) is 0 Å². The molecule has 0 radical (unpaired) electrons. The molecule has 1 heterocycles. The summed E-state index contributed by atoms with van der Waals surface area (Å²) < 4.78 is 5.68. The Hall–Kier alpha value is -2.92. The summed E-state index contributed by atoms with van der Waals surface area (Å²) in [5, 5.41) is 13.4. The zero-order valence-electron chi connectivity index (χ0n) is 14.8. The molecule has 1 aromatic heterocycles. The predicted molar refractivity (Wildman–Crippen MR) is 103 cm³/mol. The van der Waals surface area contributed by atoms with Crippen LogP contribution in [0.2, 0.25) is 0 Å². The van der Waals surface area contributed by atoms with E-state index in [4.69, 9.17) is 4.74 Å². The van der Waals surface area contributed by atoms with Gasteiger partial charge < -0.3 is 15.2 Å². The van der Waals surface area contributed by atoms with Crippen LogP contribution in [0.4, 0.5) is 5.82 Å². The van der Waals surface area contributed by atoms with Gasteiger partial charge in [0.1, 0.15) is 17.9 Å². The van der Waals surface area contributed by atoms with Crippen molar-refractivity contribution < 1.29 is 9.84 Å². The van der Waals surface area contributed by atoms with Gasteiger partial charge in [0, 0.05) is 18.2 Å². The van der Waals surface area contributed by atoms with Crippen molar-refractivity contribution in [2.75, 3.05) is 18.5 Å². The monoisotopic (exact) mass is 349 g/mol. The number of nitrogens with zero attached hydrogens (tertiary/aromatic N) is 2. The highest BCUT2D eigenvalue weighted by atomic mass is 16.5. The zero-order valence-corrected chi connectivity index (χ0v) is 14.8. The number of rotatable bonds is 8. The van der Waals surface area contributed by atoms with E-state index in [9.17, 15) is 5.11 Å². The fraction of sp³-hybridized carbons (Fsp3) is 0.238. The number of anilines is 1. The van der Waals surface area contributed by atoms with E-state index in [1.807, 2.05) is 60.7 Å². The molecule has 0 aliphatic carbocycles. The van der Waals surface area contributed by atoms with Crippen molar-refractivity contribution >= 4 is 5.82 Å². The van der Waals surface area contributed by atoms with Crippen molar-refractivity contribution in [2.45, 2.75) is 19.4 Å². The van der Waals surface area contributed by atoms with Crippen LogP contribution in [-0.4, -0.2) is 28.2 Å². The molecule has 0 saturated heterocycles. The molecule has 0 saturated carbocycles. The van der Waals surface area contributed by atoms with Gasteiger partial charge in [0.15, 0.2) is 0 Å². The van der Waals surface area contributed by atoms with Gasteiger partial charge >= 0.3 is 0 Å². The maximum atomic E-state index is 10.3. The predicted octanol–water partition coefficient (Wildman–Crippen LogP) is 4.08. The molecule has 5 nitrogen and oxygen atoms in total. The first-order valence-electron chi connectivity index (χ1n) is 8.78. The van der Waals surface area contributed by atoms with Crippen LogP contribution in [0.3, 0.4) is 0 Å². The van der Waals surface area contributed by atoms with Crippen molar-refractivity contribution in [2.24, 2.45) is 0 Å². The van der Waals surface area contributed by atoms with Crippen LogP contribution in [0, 0.1) is 0 Å². The van der Waals surface area contributed by atoms with Crippen LogP contribution in [0.25, 0.3) is 11.3 Å². The summed E-state index contributed by atoms with van der Waals surface area (Å²) in [7, 11) is 0. The molecule has 2 N–H and O–H groups in total. The Morgan fingerprint density at radius 1 is 1.04 bits per heavy atom. The molecule has 0 aliphatic rings. The molecular weight excluding hydrogens is 326 g/mol. The first kappa shape index (κ1) is 17.9. The summed E-state index contributed by atoms with van der Waals surface area (Å²) >= 11 is 0. The number of hydrogen-bond donors (Lipinski definition) is 2. The Kier molecular flexibility index (Phi) is 6.17. The molecule has 26 heavy (non-hydrogen) atoms. The summed E-state index contributed by atoms with van der Waals surface area (Å²) in [4.78, 5) is 8.59. The third-order valence-electron chi connectivity index (χ3n) is 3.93. The van der Waals surface area contributed by atoms with Crippen molar-refractivity contribution in [3.8, 4) is 17.0 Å². The second-order valence-electron chi connectivity index (χ2n) is 5.97. The summed E-state index contributed by atoms with van der Waals surface area (Å²) in [6, 6.07) is 19.3. The maximum absolute atomic E-state index is 10.3. The van der Waals surface area contributed by atoms with Gasteiger partial charge in [0.05, 0.1) is 18.4 Å². The fourth-order valence-electron chi connectivity index (χ4n) is 2.57. The van der Waals surface area contributed by atoms with Crippen molar-refractivity contribution in [1.29, 1.82) is 0 Å². The highest BCUT2D eigenvalue weighted by molar-refractivity contribution is 5.63. The Labute approximate surface area is 153 Å². The van der Waals surface area contributed by atoms with E-state index >= 15 is 0 Å². The number of ether oxygens (including phenoxy) is 1. The Morgan fingerprint density at radius 2 is 1.88 bits per heavy atom. The van der Waals surface area contributed by atoms with E-state index in [1.54, 1.807) is 0 Å². The minimum absolute atomic E-state index is 0.375. The molecular formula is C21H23N3O2. The molecule has 134 valence electrons. The normalized spacial score (nSPS) is 11.8. The summed E-state index contributed by atoms with van der Waals surface area (Å²) in [5.41, 5.74) is 2.64. The zero-order chi connectivity index (χ0) is 18.2. The van der Waals surface area contributed by atoms with Crippen LogP contribution in [0.1, 0.15) is 25.0 Å². The minimum Gasteiger partial charge on any atom is -0.494 e. The van der Waals surface area contributed by atoms with E-state index in [0.29, 0.717) is 19.0 Å². The lowest BCUT2D eigenvalue weighted by molar-refractivity contribution is 0.191. The standard InChI is InChI=1S/C21H23N3O2/c1-2-11-26-18-10-6-9-17(12-18)19-13-21(24-15-23-19)22-14-20(25)16-7-4-3-5-8-16/h3-10,12-13,15,20,25H,2,11,14H2,1H3,(H,22,23,24). The maximum Gasteiger partial charge on any atom is 0.130 e. The van der Waals surface area contributed by atoms with E-state index < -0.39 is 6.10 Å². The van der Waals surface area contributed by atoms with Gasteiger partial charge in [-0.3, -0.25) is 0 Å². The largest absolute Gasteiger partial charge is 0.494 e. The molecule has 0 fully saturated rings. The molecule has 1 unspecified atom stereocenters. The van der Waals surface area contributed by atoms with Crippen LogP contribution < -0.4 is 10.1 Å². The molecule has 0 aliphatic heterocycles. The molecule has 5 heteroatoms. The van der Waals surface area contributed by atoms with Crippen molar-refractivity contribution in [3.05, 3.63) is 72.6 Å². The fourth-order valence-corrected chi connectivity index (χ4v) is 2.57. The van der Waals surface area contributed by atoms with E-state index in [2.05, 4.69) is 22.2 Å². The number of benzene rings is 2. The number of hydrogen-bond acceptors (Lipinski definition) is 5. The van der Waals surface area contributed by atoms with Gasteiger partial charge in [-0.2, -0.15) is 0 Å². The van der Waals surface area contributed by atoms with Gasteiger partial charge in [0.2, 0.25) is 0 Å². The molecule has 2 aromatic carbocycles. The summed E-state index contributed by atoms with van der Waals surface area (Å²) in [6.45, 7) is 3.15. The molecule has 0 amide bonds. The van der Waals surface area contributed by atoms with Crippen molar-refractivity contribution in [1.82, 2.24) is 9.97 Å². The average Bonchev–Trinajstić information content (AvgIpc) is 2.71. The SMILES string of the molecule is CCCOc1cccc(-c2cc(NCC(O)c3ccccc3)ncn2)c1. The molecule has 0 spiro atoms. The van der Waals surface area contributed by atoms with Gasteiger partial charge in [-0.25, -0.2) is 9.97 Å². The second-order valence-corrected chi connectivity index (χ2v) is 5.97. The molecule has 3 aromatic rings. The smallest absolute Gasteiger partial charge is 0.130 e. The Bertz CT molecular complexity index is 824. The lowest BCUT2D eigenvalue weighted by Crippen LogP contribution is -2.13. The highest BCUT2D eigenvalue weighted by Crippen LogP contribution is 2.24.